The molecule has 0 unspecified atom stereocenters. The van der Waals surface area contributed by atoms with Crippen molar-refractivity contribution in [3.8, 4) is 5.75 Å². The van der Waals surface area contributed by atoms with Gasteiger partial charge in [-0.05, 0) is 11.6 Å². The van der Waals surface area contributed by atoms with Crippen LogP contribution in [0.5, 0.6) is 5.75 Å². The second-order valence-corrected chi connectivity index (χ2v) is 4.95. The van der Waals surface area contributed by atoms with E-state index in [1.165, 1.54) is 0 Å². The average molecular weight is 278 g/mol. The number of rotatable bonds is 5. The van der Waals surface area contributed by atoms with E-state index in [9.17, 15) is 14.7 Å². The lowest BCUT2D eigenvalue weighted by Gasteiger charge is -2.18. The van der Waals surface area contributed by atoms with Crippen LogP contribution in [0.4, 0.5) is 0 Å². The minimum absolute atomic E-state index is 0.0788. The summed E-state index contributed by atoms with van der Waals surface area (Å²) in [5.74, 6) is -1.42. The number of carbonyl (C=O) groups excluding carboxylic acids is 1. The van der Waals surface area contributed by atoms with E-state index in [-0.39, 0.29) is 12.5 Å². The SMILES string of the molecule is COc1ccccc1[C@@H]1CN(CC(N)=O)C[C@H]1C(=O)O. The Balaban J connectivity index is 2.28. The molecule has 1 saturated heterocycles. The Kier molecular flexibility index (Phi) is 4.24. The molecule has 0 aliphatic carbocycles. The summed E-state index contributed by atoms with van der Waals surface area (Å²) < 4.78 is 5.30. The predicted octanol–water partition coefficient (Wildman–Crippen LogP) is 0.281. The number of primary amides is 1. The van der Waals surface area contributed by atoms with Crippen LogP contribution in [-0.2, 0) is 9.59 Å². The normalized spacial score (nSPS) is 22.6. The fourth-order valence-electron chi connectivity index (χ4n) is 2.77. The van der Waals surface area contributed by atoms with E-state index >= 15 is 0 Å². The van der Waals surface area contributed by atoms with Crippen LogP contribution >= 0.6 is 0 Å². The number of carboxylic acids is 1. The van der Waals surface area contributed by atoms with Crippen LogP contribution in [0.15, 0.2) is 24.3 Å². The molecule has 0 spiro atoms. The molecule has 6 heteroatoms. The third kappa shape index (κ3) is 2.91. The molecule has 0 radical (unpaired) electrons. The van der Waals surface area contributed by atoms with Crippen LogP contribution in [0, 0.1) is 5.92 Å². The van der Waals surface area contributed by atoms with Gasteiger partial charge in [-0.2, -0.15) is 0 Å². The number of aliphatic carboxylic acids is 1. The molecule has 0 bridgehead atoms. The Bertz CT molecular complexity index is 518. The summed E-state index contributed by atoms with van der Waals surface area (Å²) in [6.07, 6.45) is 0. The first-order valence-electron chi connectivity index (χ1n) is 6.39. The molecule has 1 fully saturated rings. The third-order valence-electron chi connectivity index (χ3n) is 3.63. The molecule has 2 atom stereocenters. The highest BCUT2D eigenvalue weighted by atomic mass is 16.5. The smallest absolute Gasteiger partial charge is 0.308 e. The highest BCUT2D eigenvalue weighted by molar-refractivity contribution is 5.77. The molecule has 1 aliphatic rings. The van der Waals surface area contributed by atoms with Crippen molar-refractivity contribution in [3.05, 3.63) is 29.8 Å². The number of ether oxygens (including phenoxy) is 1. The second-order valence-electron chi connectivity index (χ2n) is 4.95. The number of nitrogens with two attached hydrogens (primary N) is 1. The second kappa shape index (κ2) is 5.92. The lowest BCUT2D eigenvalue weighted by atomic mass is 9.88. The predicted molar refractivity (Wildman–Crippen MR) is 72.5 cm³/mol. The lowest BCUT2D eigenvalue weighted by Crippen LogP contribution is -2.32. The molecule has 1 aromatic carbocycles. The monoisotopic (exact) mass is 278 g/mol. The summed E-state index contributed by atoms with van der Waals surface area (Å²) in [6.45, 7) is 0.886. The Morgan fingerprint density at radius 3 is 2.70 bits per heavy atom. The van der Waals surface area contributed by atoms with Gasteiger partial charge in [0.15, 0.2) is 0 Å². The van der Waals surface area contributed by atoms with Gasteiger partial charge in [0.1, 0.15) is 5.75 Å². The first kappa shape index (κ1) is 14.3. The standard InChI is InChI=1S/C14H18N2O4/c1-20-12-5-3-2-4-9(12)10-6-16(8-13(15)17)7-11(10)14(18)19/h2-5,10-11H,6-8H2,1H3,(H2,15,17)(H,18,19)/t10-,11+/m0/s1. The Morgan fingerprint density at radius 1 is 1.40 bits per heavy atom. The molecular weight excluding hydrogens is 260 g/mol. The summed E-state index contributed by atoms with van der Waals surface area (Å²) >= 11 is 0. The van der Waals surface area contributed by atoms with Gasteiger partial charge in [-0.15, -0.1) is 0 Å². The number of para-hydroxylation sites is 1. The van der Waals surface area contributed by atoms with E-state index in [1.807, 2.05) is 24.3 Å². The number of benzene rings is 1. The van der Waals surface area contributed by atoms with Crippen LogP contribution in [0.25, 0.3) is 0 Å². The molecule has 20 heavy (non-hydrogen) atoms. The van der Waals surface area contributed by atoms with Gasteiger partial charge >= 0.3 is 5.97 Å². The maximum Gasteiger partial charge on any atom is 0.308 e. The minimum atomic E-state index is -0.868. The number of amides is 1. The summed E-state index contributed by atoms with van der Waals surface area (Å²) in [6, 6.07) is 7.37. The molecule has 1 aliphatic heterocycles. The fourth-order valence-corrected chi connectivity index (χ4v) is 2.77. The molecule has 2 rings (SSSR count). The number of methoxy groups -OCH3 is 1. The van der Waals surface area contributed by atoms with E-state index in [1.54, 1.807) is 12.0 Å². The van der Waals surface area contributed by atoms with Crippen molar-refractivity contribution in [2.45, 2.75) is 5.92 Å². The van der Waals surface area contributed by atoms with E-state index in [4.69, 9.17) is 10.5 Å². The molecule has 3 N–H and O–H groups in total. The van der Waals surface area contributed by atoms with Crippen molar-refractivity contribution < 1.29 is 19.4 Å². The quantitative estimate of drug-likeness (QED) is 0.807. The van der Waals surface area contributed by atoms with Crippen LogP contribution < -0.4 is 10.5 Å². The van der Waals surface area contributed by atoms with Crippen molar-refractivity contribution in [1.82, 2.24) is 4.90 Å². The van der Waals surface area contributed by atoms with Crippen LogP contribution in [0.2, 0.25) is 0 Å². The third-order valence-corrected chi connectivity index (χ3v) is 3.63. The fraction of sp³-hybridized carbons (Fsp3) is 0.429. The molecule has 1 aromatic rings. The number of carboxylic acid groups (broad SMARTS) is 1. The van der Waals surface area contributed by atoms with Crippen molar-refractivity contribution in [2.75, 3.05) is 26.7 Å². The van der Waals surface area contributed by atoms with Crippen molar-refractivity contribution in [1.29, 1.82) is 0 Å². The lowest BCUT2D eigenvalue weighted by molar-refractivity contribution is -0.141. The first-order chi connectivity index (χ1) is 9.52. The van der Waals surface area contributed by atoms with Gasteiger partial charge < -0.3 is 15.6 Å². The first-order valence-corrected chi connectivity index (χ1v) is 6.39. The topological polar surface area (TPSA) is 92.9 Å². The zero-order valence-corrected chi connectivity index (χ0v) is 11.3. The van der Waals surface area contributed by atoms with Crippen molar-refractivity contribution in [3.63, 3.8) is 0 Å². The summed E-state index contributed by atoms with van der Waals surface area (Å²) in [5.41, 5.74) is 6.04. The highest BCUT2D eigenvalue weighted by Gasteiger charge is 2.39. The van der Waals surface area contributed by atoms with Gasteiger partial charge in [-0.3, -0.25) is 14.5 Å². The van der Waals surface area contributed by atoms with E-state index in [0.29, 0.717) is 18.8 Å². The van der Waals surface area contributed by atoms with Gasteiger partial charge in [0.2, 0.25) is 5.91 Å². The number of nitrogens with zero attached hydrogens (tertiary/aromatic N) is 1. The minimum Gasteiger partial charge on any atom is -0.496 e. The van der Waals surface area contributed by atoms with E-state index < -0.39 is 17.8 Å². The van der Waals surface area contributed by atoms with Crippen LogP contribution in [0.3, 0.4) is 0 Å². The van der Waals surface area contributed by atoms with E-state index in [0.717, 1.165) is 5.56 Å². The zero-order chi connectivity index (χ0) is 14.7. The maximum absolute atomic E-state index is 11.4. The van der Waals surface area contributed by atoms with Gasteiger partial charge in [0.05, 0.1) is 19.6 Å². The molecular formula is C14H18N2O4. The van der Waals surface area contributed by atoms with Crippen molar-refractivity contribution in [2.24, 2.45) is 11.7 Å². The molecule has 1 heterocycles. The molecule has 0 aromatic heterocycles. The number of likely N-dealkylation sites (tertiary alicyclic amines) is 1. The Hall–Kier alpha value is -2.08. The number of hydrogen-bond donors (Lipinski definition) is 2. The summed E-state index contributed by atoms with van der Waals surface area (Å²) in [5, 5.41) is 9.38. The average Bonchev–Trinajstić information content (AvgIpc) is 2.81. The molecule has 0 saturated carbocycles. The van der Waals surface area contributed by atoms with Gasteiger partial charge in [-0.1, -0.05) is 18.2 Å². The van der Waals surface area contributed by atoms with Gasteiger partial charge in [0, 0.05) is 19.0 Å². The molecule has 1 amide bonds. The maximum atomic E-state index is 11.4. The largest absolute Gasteiger partial charge is 0.496 e. The number of hydrogen-bond acceptors (Lipinski definition) is 4. The Morgan fingerprint density at radius 2 is 2.10 bits per heavy atom. The highest BCUT2D eigenvalue weighted by Crippen LogP contribution is 2.37. The summed E-state index contributed by atoms with van der Waals surface area (Å²) in [4.78, 5) is 24.2. The van der Waals surface area contributed by atoms with Gasteiger partial charge in [0.25, 0.3) is 0 Å². The zero-order valence-electron chi connectivity index (χ0n) is 11.3. The van der Waals surface area contributed by atoms with Gasteiger partial charge in [-0.25, -0.2) is 0 Å². The number of carbonyl (C=O) groups is 2. The molecule has 108 valence electrons. The molecule has 6 nitrogen and oxygen atoms in total. The summed E-state index contributed by atoms with van der Waals surface area (Å²) in [7, 11) is 1.56. The van der Waals surface area contributed by atoms with Crippen LogP contribution in [0.1, 0.15) is 11.5 Å². The van der Waals surface area contributed by atoms with Crippen molar-refractivity contribution >= 4 is 11.9 Å². The van der Waals surface area contributed by atoms with Crippen LogP contribution in [-0.4, -0.2) is 48.6 Å². The Labute approximate surface area is 117 Å². The van der Waals surface area contributed by atoms with E-state index in [2.05, 4.69) is 0 Å².